The minimum atomic E-state index is -1.11. The van der Waals surface area contributed by atoms with Gasteiger partial charge < -0.3 is 9.84 Å². The fraction of sp³-hybridized carbons (Fsp3) is 0.111. The number of hydrogen-bond acceptors (Lipinski definition) is 3. The molecular weight excluding hydrogens is 173 g/mol. The van der Waals surface area contributed by atoms with Gasteiger partial charge in [0, 0.05) is 6.92 Å². The molecule has 0 unspecified atom stereocenters. The first kappa shape index (κ1) is 9.25. The molecule has 0 spiro atoms. The molecule has 0 aliphatic rings. The van der Waals surface area contributed by atoms with Crippen molar-refractivity contribution < 1.29 is 19.4 Å². The highest BCUT2D eigenvalue weighted by Gasteiger charge is 2.10. The summed E-state index contributed by atoms with van der Waals surface area (Å²) >= 11 is 0. The Balaban J connectivity index is 3.04. The highest BCUT2D eigenvalue weighted by molar-refractivity contribution is 5.91. The largest absolute Gasteiger partial charge is 0.478 e. The number of carboxylic acids is 1. The Kier molecular flexibility index (Phi) is 2.64. The van der Waals surface area contributed by atoms with E-state index in [1.165, 1.54) is 19.1 Å². The zero-order chi connectivity index (χ0) is 9.84. The van der Waals surface area contributed by atoms with Gasteiger partial charge in [0.15, 0.2) is 0 Å². The molecule has 0 amide bonds. The molecule has 0 aromatic heterocycles. The Morgan fingerprint density at radius 3 is 2.46 bits per heavy atom. The van der Waals surface area contributed by atoms with Crippen LogP contribution in [0.3, 0.4) is 0 Å². The third-order valence-corrected chi connectivity index (χ3v) is 1.37. The van der Waals surface area contributed by atoms with Gasteiger partial charge in [0.2, 0.25) is 0 Å². The lowest BCUT2D eigenvalue weighted by molar-refractivity contribution is -0.131. The number of carbonyl (C=O) groups excluding carboxylic acids is 1. The van der Waals surface area contributed by atoms with E-state index in [0.29, 0.717) is 0 Å². The molecule has 1 rings (SSSR count). The summed E-state index contributed by atoms with van der Waals surface area (Å²) in [5.41, 5.74) is -0.0160. The van der Waals surface area contributed by atoms with Crippen molar-refractivity contribution in [2.45, 2.75) is 6.92 Å². The van der Waals surface area contributed by atoms with Gasteiger partial charge in [0.05, 0.1) is 0 Å². The van der Waals surface area contributed by atoms with Gasteiger partial charge in [0.1, 0.15) is 11.3 Å². The van der Waals surface area contributed by atoms with Gasteiger partial charge in [-0.3, -0.25) is 4.79 Å². The first-order valence-electron chi connectivity index (χ1n) is 3.62. The summed E-state index contributed by atoms with van der Waals surface area (Å²) in [5, 5.41) is 8.69. The summed E-state index contributed by atoms with van der Waals surface area (Å²) in [4.78, 5) is 21.2. The molecule has 0 saturated carbocycles. The fourth-order valence-corrected chi connectivity index (χ4v) is 0.887. The minimum absolute atomic E-state index is 0.0160. The molecule has 0 radical (unpaired) electrons. The van der Waals surface area contributed by atoms with Crippen molar-refractivity contribution in [3.63, 3.8) is 0 Å². The van der Waals surface area contributed by atoms with Crippen LogP contribution in [-0.2, 0) is 4.79 Å². The molecular formula is C9H8O4. The maximum atomic E-state index is 10.6. The molecule has 13 heavy (non-hydrogen) atoms. The van der Waals surface area contributed by atoms with Gasteiger partial charge in [-0.15, -0.1) is 0 Å². The second-order valence-corrected chi connectivity index (χ2v) is 2.39. The molecule has 0 saturated heterocycles. The molecule has 0 bridgehead atoms. The maximum Gasteiger partial charge on any atom is 0.339 e. The molecule has 1 aromatic carbocycles. The highest BCUT2D eigenvalue weighted by atomic mass is 17.4. The molecule has 0 aliphatic carbocycles. The van der Waals surface area contributed by atoms with Gasteiger partial charge in [0.25, 0.3) is 0 Å². The van der Waals surface area contributed by atoms with Crippen molar-refractivity contribution in [1.82, 2.24) is 0 Å². The van der Waals surface area contributed by atoms with Crippen molar-refractivity contribution in [2.24, 2.45) is 0 Å². The molecule has 0 atom stereocenters. The molecule has 4 nitrogen and oxygen atoms in total. The SMILES string of the molecule is CC(=O)[17O]c1ccccc1C(=O)O. The number of para-hydroxylation sites is 1. The van der Waals surface area contributed by atoms with E-state index in [2.05, 4.69) is 4.74 Å². The predicted octanol–water partition coefficient (Wildman–Crippen LogP) is 1.31. The molecule has 0 heterocycles. The predicted molar refractivity (Wildman–Crippen MR) is 44.7 cm³/mol. The number of hydrogen-bond donors (Lipinski definition) is 1. The number of ether oxygens (including phenoxy) is 1. The van der Waals surface area contributed by atoms with E-state index in [4.69, 9.17) is 5.11 Å². The van der Waals surface area contributed by atoms with E-state index in [1.54, 1.807) is 12.1 Å². The van der Waals surface area contributed by atoms with Crippen molar-refractivity contribution in [3.05, 3.63) is 29.8 Å². The Hall–Kier alpha value is -1.84. The zero-order valence-electron chi connectivity index (χ0n) is 6.98. The van der Waals surface area contributed by atoms with E-state index in [1.807, 2.05) is 0 Å². The van der Waals surface area contributed by atoms with Crippen LogP contribution in [0.1, 0.15) is 17.3 Å². The summed E-state index contributed by atoms with van der Waals surface area (Å²) in [5.74, 6) is -1.58. The zero-order valence-corrected chi connectivity index (χ0v) is 6.98. The molecule has 1 aromatic rings. The van der Waals surface area contributed by atoms with Crippen molar-refractivity contribution >= 4 is 11.9 Å². The summed E-state index contributed by atoms with van der Waals surface area (Å²) in [6, 6.07) is 5.98. The van der Waals surface area contributed by atoms with Gasteiger partial charge in [-0.25, -0.2) is 4.79 Å². The van der Waals surface area contributed by atoms with E-state index in [9.17, 15) is 9.59 Å². The third-order valence-electron chi connectivity index (χ3n) is 1.37. The van der Waals surface area contributed by atoms with Crippen LogP contribution in [0.25, 0.3) is 0 Å². The smallest absolute Gasteiger partial charge is 0.339 e. The van der Waals surface area contributed by atoms with Crippen LogP contribution in [-0.4, -0.2) is 17.0 Å². The van der Waals surface area contributed by atoms with Crippen LogP contribution < -0.4 is 4.74 Å². The van der Waals surface area contributed by atoms with E-state index >= 15 is 0 Å². The quantitative estimate of drug-likeness (QED) is 0.551. The van der Waals surface area contributed by atoms with Crippen LogP contribution in [0, 0.1) is 0 Å². The average Bonchev–Trinajstić information content (AvgIpc) is 2.03. The van der Waals surface area contributed by atoms with E-state index in [-0.39, 0.29) is 11.3 Å². The number of aromatic carboxylic acids is 1. The Morgan fingerprint density at radius 2 is 1.92 bits per heavy atom. The molecule has 4 heteroatoms. The molecule has 0 fully saturated rings. The number of rotatable bonds is 2. The minimum Gasteiger partial charge on any atom is -0.478 e. The average molecular weight is 181 g/mol. The summed E-state index contributed by atoms with van der Waals surface area (Å²) < 4.78 is 4.69. The van der Waals surface area contributed by atoms with Crippen LogP contribution in [0.2, 0.25) is 0 Å². The molecule has 68 valence electrons. The fourth-order valence-electron chi connectivity index (χ4n) is 0.887. The monoisotopic (exact) mass is 181 g/mol. The normalized spacial score (nSPS) is 9.31. The number of carbonyl (C=O) groups is 2. The van der Waals surface area contributed by atoms with Crippen molar-refractivity contribution in [2.75, 3.05) is 0 Å². The Morgan fingerprint density at radius 1 is 1.31 bits per heavy atom. The van der Waals surface area contributed by atoms with Gasteiger partial charge in [-0.05, 0) is 12.1 Å². The van der Waals surface area contributed by atoms with Crippen molar-refractivity contribution in [1.29, 1.82) is 0 Å². The lowest BCUT2D eigenvalue weighted by Crippen LogP contribution is -2.06. The molecule has 1 N–H and O–H groups in total. The van der Waals surface area contributed by atoms with E-state index in [0.717, 1.165) is 0 Å². The first-order valence-corrected chi connectivity index (χ1v) is 3.62. The Bertz CT molecular complexity index is 343. The van der Waals surface area contributed by atoms with Crippen LogP contribution >= 0.6 is 0 Å². The summed E-state index contributed by atoms with van der Waals surface area (Å²) in [6.45, 7) is 1.22. The van der Waals surface area contributed by atoms with Gasteiger partial charge in [-0.1, -0.05) is 12.1 Å². The second-order valence-electron chi connectivity index (χ2n) is 2.39. The summed E-state index contributed by atoms with van der Waals surface area (Å²) in [6.07, 6.45) is 0. The van der Waals surface area contributed by atoms with Crippen LogP contribution in [0.5, 0.6) is 5.75 Å². The lowest BCUT2D eigenvalue weighted by atomic mass is 10.2. The number of esters is 1. The standard InChI is InChI=1S/C9H8O4/c1-6(10)13-8-5-3-2-4-7(8)9(11)12/h2-5H,1H3,(H,11,12)/i13+1. The topological polar surface area (TPSA) is 63.6 Å². The highest BCUT2D eigenvalue weighted by Crippen LogP contribution is 2.17. The first-order chi connectivity index (χ1) is 6.11. The second kappa shape index (κ2) is 3.71. The summed E-state index contributed by atoms with van der Waals surface area (Å²) in [7, 11) is 0. The van der Waals surface area contributed by atoms with Crippen LogP contribution in [0.15, 0.2) is 24.3 Å². The van der Waals surface area contributed by atoms with E-state index < -0.39 is 11.9 Å². The van der Waals surface area contributed by atoms with Gasteiger partial charge >= 0.3 is 11.9 Å². The Labute approximate surface area is 74.8 Å². The number of carboxylic acid groups (broad SMARTS) is 1. The van der Waals surface area contributed by atoms with Crippen molar-refractivity contribution in [3.8, 4) is 5.75 Å². The lowest BCUT2D eigenvalue weighted by Gasteiger charge is -2.03. The molecule has 0 aliphatic heterocycles. The third kappa shape index (κ3) is 2.30. The van der Waals surface area contributed by atoms with Gasteiger partial charge in [-0.2, -0.15) is 0 Å². The van der Waals surface area contributed by atoms with Crippen LogP contribution in [0.4, 0.5) is 0 Å². The maximum absolute atomic E-state index is 10.6. The number of benzene rings is 1.